The third kappa shape index (κ3) is 74.0. The zero-order valence-electron chi connectivity index (χ0n) is 64.3. The fourth-order valence-corrected chi connectivity index (χ4v) is 12.3. The molecular formula is C83H144O17P2. The van der Waals surface area contributed by atoms with Gasteiger partial charge in [-0.15, -0.1) is 0 Å². The quantitative estimate of drug-likeness (QED) is 0.0169. The van der Waals surface area contributed by atoms with Crippen LogP contribution in [0.15, 0.2) is 109 Å². The van der Waals surface area contributed by atoms with E-state index in [4.69, 9.17) is 37.0 Å². The SMILES string of the molecule is CC/C=C\C/C=C\C/C=C\C/C=C\C/C=C\CCCCCC(=O)OCC(COP(=O)(O)OCC(O)COP(=O)(O)OCC(COC(=O)CCCCCCCC/C=C\C/C=C\C/C=C\C/C=C\CC)OC(=O)CCCCCCCCCCCCC)OC(=O)CCCCCCCCCCCCCCC. The summed E-state index contributed by atoms with van der Waals surface area (Å²) in [6.45, 7) is 4.62. The monoisotopic (exact) mass is 1470 g/mol. The van der Waals surface area contributed by atoms with Crippen LogP contribution < -0.4 is 0 Å². The van der Waals surface area contributed by atoms with Crippen molar-refractivity contribution in [2.24, 2.45) is 0 Å². The average molecular weight is 1480 g/mol. The maximum Gasteiger partial charge on any atom is 0.472 e. The van der Waals surface area contributed by atoms with Crippen LogP contribution in [0.2, 0.25) is 0 Å². The normalized spacial score (nSPS) is 14.5. The molecule has 0 fully saturated rings. The molecule has 5 atom stereocenters. The summed E-state index contributed by atoms with van der Waals surface area (Å²) in [5, 5.41) is 10.6. The minimum Gasteiger partial charge on any atom is -0.462 e. The smallest absolute Gasteiger partial charge is 0.462 e. The lowest BCUT2D eigenvalue weighted by atomic mass is 10.0. The molecule has 0 aromatic heterocycles. The lowest BCUT2D eigenvalue weighted by Gasteiger charge is -2.21. The molecule has 17 nitrogen and oxygen atoms in total. The third-order valence-corrected chi connectivity index (χ3v) is 18.7. The van der Waals surface area contributed by atoms with Crippen LogP contribution in [0.25, 0.3) is 0 Å². The van der Waals surface area contributed by atoms with Crippen molar-refractivity contribution in [3.05, 3.63) is 109 Å². The first-order chi connectivity index (χ1) is 49.7. The Hall–Kier alpha value is -4.28. The van der Waals surface area contributed by atoms with E-state index in [1.54, 1.807) is 0 Å². The Balaban J connectivity index is 5.32. The standard InChI is InChI=1S/C83H144O17P2/c1-5-9-13-17-21-25-29-32-34-36-38-40-42-45-48-51-55-59-63-67-80(85)93-73-78(99-82(87)69-65-61-57-53-47-28-24-20-16-12-8-4)75-97-101(89,90)95-71-77(84)72-96-102(91,92)98-76-79(100-83(88)70-66-62-58-54-50-44-31-27-23-19-15-11-7-3)74-94-81(86)68-64-60-56-52-49-46-43-41-39-37-35-33-30-26-22-18-14-10-6-2/h9-10,13-14,21-22,25-26,32-35,38-41,46,49,77-79,84H,5-8,11-12,15-20,23-24,27-31,36-37,42-45,47-48,50-76H2,1-4H3,(H,89,90)(H,91,92)/b13-9-,14-10-,25-21-,26-22-,34-32-,35-33-,40-38-,41-39-,49-46-. The molecule has 0 amide bonds. The van der Waals surface area contributed by atoms with Gasteiger partial charge >= 0.3 is 39.5 Å². The highest BCUT2D eigenvalue weighted by Crippen LogP contribution is 2.45. The van der Waals surface area contributed by atoms with Crippen LogP contribution in [0.1, 0.15) is 336 Å². The fourth-order valence-electron chi connectivity index (χ4n) is 10.7. The minimum atomic E-state index is -4.98. The predicted octanol–water partition coefficient (Wildman–Crippen LogP) is 23.3. The first kappa shape index (κ1) is 97.7. The number of aliphatic hydroxyl groups is 1. The summed E-state index contributed by atoms with van der Waals surface area (Å²) in [4.78, 5) is 73.0. The highest BCUT2D eigenvalue weighted by molar-refractivity contribution is 7.47. The van der Waals surface area contributed by atoms with Crippen LogP contribution in [0.3, 0.4) is 0 Å². The topological polar surface area (TPSA) is 237 Å². The number of esters is 4. The fraction of sp³-hybridized carbons (Fsp3) is 0.735. The van der Waals surface area contributed by atoms with E-state index >= 15 is 0 Å². The van der Waals surface area contributed by atoms with Gasteiger partial charge in [0.05, 0.1) is 26.4 Å². The number of unbranched alkanes of at least 4 members (excludes halogenated alkanes) is 31. The summed E-state index contributed by atoms with van der Waals surface area (Å²) in [7, 11) is -9.96. The first-order valence-corrected chi connectivity index (χ1v) is 43.1. The van der Waals surface area contributed by atoms with E-state index in [9.17, 15) is 43.2 Å². The average Bonchev–Trinajstić information content (AvgIpc) is 0.907. The summed E-state index contributed by atoms with van der Waals surface area (Å²) in [5.41, 5.74) is 0. The van der Waals surface area contributed by atoms with Gasteiger partial charge in [-0.25, -0.2) is 9.13 Å². The highest BCUT2D eigenvalue weighted by atomic mass is 31.2. The molecule has 3 N–H and O–H groups in total. The molecule has 0 aromatic rings. The van der Waals surface area contributed by atoms with Crippen LogP contribution in [0.4, 0.5) is 0 Å². The van der Waals surface area contributed by atoms with Crippen molar-refractivity contribution in [2.75, 3.05) is 39.6 Å². The number of ether oxygens (including phenoxy) is 4. The van der Waals surface area contributed by atoms with E-state index in [2.05, 4.69) is 137 Å². The van der Waals surface area contributed by atoms with Crippen LogP contribution >= 0.6 is 15.6 Å². The minimum absolute atomic E-state index is 0.0899. The number of hydrogen-bond donors (Lipinski definition) is 3. The largest absolute Gasteiger partial charge is 0.472 e. The molecule has 0 spiro atoms. The molecule has 0 saturated heterocycles. The number of phosphoric acid groups is 2. The number of carbonyl (C=O) groups is 4. The second-order valence-electron chi connectivity index (χ2n) is 26.6. The lowest BCUT2D eigenvalue weighted by Crippen LogP contribution is -2.30. The second kappa shape index (κ2) is 75.0. The number of carbonyl (C=O) groups excluding carboxylic acids is 4. The van der Waals surface area contributed by atoms with Gasteiger partial charge in [0, 0.05) is 25.7 Å². The predicted molar refractivity (Wildman–Crippen MR) is 418 cm³/mol. The Labute approximate surface area is 619 Å². The van der Waals surface area contributed by atoms with Crippen molar-refractivity contribution in [1.82, 2.24) is 0 Å². The van der Waals surface area contributed by atoms with Gasteiger partial charge in [-0.05, 0) is 109 Å². The molecule has 0 radical (unpaired) electrons. The number of hydrogen-bond acceptors (Lipinski definition) is 15. The van der Waals surface area contributed by atoms with Crippen molar-refractivity contribution in [1.29, 1.82) is 0 Å². The van der Waals surface area contributed by atoms with Gasteiger partial charge in [0.15, 0.2) is 12.2 Å². The van der Waals surface area contributed by atoms with E-state index in [-0.39, 0.29) is 25.7 Å². The van der Waals surface area contributed by atoms with Gasteiger partial charge in [0.1, 0.15) is 19.3 Å². The Bertz CT molecular complexity index is 2360. The molecule has 0 aliphatic heterocycles. The maximum absolute atomic E-state index is 13.1. The molecular weight excluding hydrogens is 1330 g/mol. The number of aliphatic hydroxyl groups excluding tert-OH is 1. The number of phosphoric ester groups is 2. The van der Waals surface area contributed by atoms with Gasteiger partial charge in [-0.1, -0.05) is 310 Å². The van der Waals surface area contributed by atoms with Gasteiger partial charge < -0.3 is 33.8 Å². The molecule has 102 heavy (non-hydrogen) atoms. The third-order valence-electron chi connectivity index (χ3n) is 16.8. The second-order valence-corrected chi connectivity index (χ2v) is 29.5. The van der Waals surface area contributed by atoms with Crippen molar-refractivity contribution in [2.45, 2.75) is 354 Å². The molecule has 0 aromatic carbocycles. The van der Waals surface area contributed by atoms with E-state index in [0.29, 0.717) is 25.7 Å². The van der Waals surface area contributed by atoms with E-state index in [1.807, 2.05) is 0 Å². The van der Waals surface area contributed by atoms with Crippen LogP contribution in [0.5, 0.6) is 0 Å². The summed E-state index contributed by atoms with van der Waals surface area (Å²) in [6.07, 6.45) is 80.7. The van der Waals surface area contributed by atoms with Gasteiger partial charge in [0.2, 0.25) is 0 Å². The summed E-state index contributed by atoms with van der Waals surface area (Å²) in [5.74, 6) is -2.21. The van der Waals surface area contributed by atoms with Crippen molar-refractivity contribution in [3.8, 4) is 0 Å². The van der Waals surface area contributed by atoms with Gasteiger partial charge in [-0.3, -0.25) is 37.3 Å². The first-order valence-electron chi connectivity index (χ1n) is 40.1. The van der Waals surface area contributed by atoms with Crippen molar-refractivity contribution >= 4 is 39.5 Å². The van der Waals surface area contributed by atoms with E-state index in [0.717, 1.165) is 167 Å². The zero-order valence-corrected chi connectivity index (χ0v) is 66.0. The molecule has 0 heterocycles. The zero-order chi connectivity index (χ0) is 74.6. The Morgan fingerprint density at radius 3 is 0.794 bits per heavy atom. The maximum atomic E-state index is 13.1. The Morgan fingerprint density at radius 2 is 0.510 bits per heavy atom. The molecule has 19 heteroatoms. The molecule has 0 aliphatic carbocycles. The van der Waals surface area contributed by atoms with Crippen molar-refractivity contribution in [3.63, 3.8) is 0 Å². The molecule has 0 rings (SSSR count). The summed E-state index contributed by atoms with van der Waals surface area (Å²) >= 11 is 0. The summed E-state index contributed by atoms with van der Waals surface area (Å²) < 4.78 is 68.6. The molecule has 5 unspecified atom stereocenters. The number of allylic oxidation sites excluding steroid dienone is 18. The van der Waals surface area contributed by atoms with E-state index in [1.165, 1.54) is 89.9 Å². The van der Waals surface area contributed by atoms with Gasteiger partial charge in [-0.2, -0.15) is 0 Å². The molecule has 588 valence electrons. The molecule has 0 bridgehead atoms. The van der Waals surface area contributed by atoms with Crippen LogP contribution in [-0.4, -0.2) is 96.7 Å². The van der Waals surface area contributed by atoms with Crippen molar-refractivity contribution < 1.29 is 80.2 Å². The molecule has 0 saturated carbocycles. The van der Waals surface area contributed by atoms with Crippen LogP contribution in [0, 0.1) is 0 Å². The Morgan fingerprint density at radius 1 is 0.284 bits per heavy atom. The van der Waals surface area contributed by atoms with Gasteiger partial charge in [0.25, 0.3) is 0 Å². The lowest BCUT2D eigenvalue weighted by molar-refractivity contribution is -0.161. The van der Waals surface area contributed by atoms with E-state index < -0.39 is 97.5 Å². The Kier molecular flexibility index (Phi) is 71.8. The van der Waals surface area contributed by atoms with Crippen LogP contribution in [-0.2, 0) is 65.4 Å². The highest BCUT2D eigenvalue weighted by Gasteiger charge is 2.30. The summed E-state index contributed by atoms with van der Waals surface area (Å²) in [6, 6.07) is 0. The molecule has 0 aliphatic rings. The number of rotatable bonds is 75.